The molecule has 162 valence electrons. The van der Waals surface area contributed by atoms with Gasteiger partial charge in [-0.1, -0.05) is 39.0 Å². The minimum atomic E-state index is -0.631. The molecule has 1 unspecified atom stereocenters. The Balaban J connectivity index is 1.59. The third kappa shape index (κ3) is 5.89. The number of hydrogen-bond acceptors (Lipinski definition) is 5. The Hall–Kier alpha value is -2.25. The van der Waals surface area contributed by atoms with Gasteiger partial charge in [-0.25, -0.2) is 4.98 Å². The maximum atomic E-state index is 12.9. The van der Waals surface area contributed by atoms with Gasteiger partial charge < -0.3 is 10.6 Å². The predicted molar refractivity (Wildman–Crippen MR) is 122 cm³/mol. The van der Waals surface area contributed by atoms with Gasteiger partial charge in [-0.15, -0.1) is 11.3 Å². The summed E-state index contributed by atoms with van der Waals surface area (Å²) in [5.74, 6) is 0.280. The van der Waals surface area contributed by atoms with Gasteiger partial charge in [0.05, 0.1) is 5.69 Å². The summed E-state index contributed by atoms with van der Waals surface area (Å²) in [7, 11) is 0. The van der Waals surface area contributed by atoms with Gasteiger partial charge in [0.1, 0.15) is 6.04 Å². The van der Waals surface area contributed by atoms with Crippen molar-refractivity contribution in [1.82, 2.24) is 15.2 Å². The Morgan fingerprint density at radius 1 is 1.23 bits per heavy atom. The van der Waals surface area contributed by atoms with E-state index < -0.39 is 6.04 Å². The monoisotopic (exact) mass is 428 g/mol. The van der Waals surface area contributed by atoms with Gasteiger partial charge in [0.15, 0.2) is 5.13 Å². The van der Waals surface area contributed by atoms with Gasteiger partial charge in [-0.2, -0.15) is 0 Å². The Labute approximate surface area is 183 Å². The number of hydrogen-bond donors (Lipinski definition) is 2. The third-order valence-corrected chi connectivity index (χ3v) is 6.48. The van der Waals surface area contributed by atoms with Crippen molar-refractivity contribution in [3.63, 3.8) is 0 Å². The number of carbonyl (C=O) groups is 2. The minimum absolute atomic E-state index is 0.0484. The van der Waals surface area contributed by atoms with E-state index >= 15 is 0 Å². The molecule has 0 radical (unpaired) electrons. The van der Waals surface area contributed by atoms with Crippen LogP contribution < -0.4 is 10.6 Å². The zero-order valence-electron chi connectivity index (χ0n) is 18.3. The molecule has 0 spiro atoms. The van der Waals surface area contributed by atoms with Crippen molar-refractivity contribution in [3.8, 4) is 0 Å². The van der Waals surface area contributed by atoms with Crippen LogP contribution in [0, 0.1) is 18.8 Å². The molecule has 0 bridgehead atoms. The number of piperidine rings is 1. The van der Waals surface area contributed by atoms with Gasteiger partial charge in [-0.05, 0) is 56.3 Å². The molecule has 0 aliphatic carbocycles. The molecule has 1 aliphatic rings. The second-order valence-electron chi connectivity index (χ2n) is 8.60. The van der Waals surface area contributed by atoms with Crippen molar-refractivity contribution in [3.05, 3.63) is 46.5 Å². The van der Waals surface area contributed by atoms with E-state index in [0.717, 1.165) is 36.8 Å². The molecule has 1 aromatic heterocycles. The lowest BCUT2D eigenvalue weighted by Crippen LogP contribution is -2.47. The average Bonchev–Trinajstić information content (AvgIpc) is 3.14. The van der Waals surface area contributed by atoms with Crippen molar-refractivity contribution in [2.75, 3.05) is 18.4 Å². The van der Waals surface area contributed by atoms with Crippen LogP contribution in [-0.4, -0.2) is 40.8 Å². The average molecular weight is 429 g/mol. The Bertz CT molecular complexity index is 872. The number of anilines is 1. The summed E-state index contributed by atoms with van der Waals surface area (Å²) in [6.07, 6.45) is 2.45. The summed E-state index contributed by atoms with van der Waals surface area (Å²) in [4.78, 5) is 32.6. The number of amides is 2. The van der Waals surface area contributed by atoms with Crippen molar-refractivity contribution < 1.29 is 9.59 Å². The molecule has 30 heavy (non-hydrogen) atoms. The second-order valence-corrected chi connectivity index (χ2v) is 9.46. The molecule has 2 amide bonds. The highest BCUT2D eigenvalue weighted by atomic mass is 32.1. The van der Waals surface area contributed by atoms with Crippen LogP contribution in [0.2, 0.25) is 0 Å². The summed E-state index contributed by atoms with van der Waals surface area (Å²) < 4.78 is 0. The van der Waals surface area contributed by atoms with E-state index in [0.29, 0.717) is 10.7 Å². The Morgan fingerprint density at radius 2 is 1.93 bits per heavy atom. The van der Waals surface area contributed by atoms with Gasteiger partial charge in [0, 0.05) is 17.5 Å². The number of likely N-dealkylation sites (tertiary alicyclic amines) is 1. The highest BCUT2D eigenvalue weighted by Gasteiger charge is 2.26. The van der Waals surface area contributed by atoms with Crippen LogP contribution >= 0.6 is 11.3 Å². The maximum Gasteiger partial charge on any atom is 0.252 e. The van der Waals surface area contributed by atoms with Crippen LogP contribution in [0.25, 0.3) is 0 Å². The van der Waals surface area contributed by atoms with E-state index in [9.17, 15) is 9.59 Å². The quantitative estimate of drug-likeness (QED) is 0.697. The number of nitrogens with zero attached hydrogens (tertiary/aromatic N) is 2. The number of aromatic nitrogens is 1. The SMILES string of the molecule is Cc1ccccc1C(=O)NC(C(=O)Nc1nc(CN2CCC(C)CC2)cs1)C(C)C. The molecule has 1 atom stereocenters. The van der Waals surface area contributed by atoms with E-state index in [2.05, 4.69) is 27.4 Å². The van der Waals surface area contributed by atoms with Gasteiger partial charge in [-0.3, -0.25) is 14.5 Å². The largest absolute Gasteiger partial charge is 0.340 e. The summed E-state index contributed by atoms with van der Waals surface area (Å²) >= 11 is 1.43. The van der Waals surface area contributed by atoms with Crippen LogP contribution in [0.5, 0.6) is 0 Å². The molecule has 0 saturated carbocycles. The van der Waals surface area contributed by atoms with Crippen LogP contribution in [0.3, 0.4) is 0 Å². The molecule has 1 fully saturated rings. The van der Waals surface area contributed by atoms with Crippen molar-refractivity contribution in [2.24, 2.45) is 11.8 Å². The topological polar surface area (TPSA) is 74.3 Å². The minimum Gasteiger partial charge on any atom is -0.340 e. The van der Waals surface area contributed by atoms with Crippen LogP contribution in [0.1, 0.15) is 55.2 Å². The molecule has 3 rings (SSSR count). The van der Waals surface area contributed by atoms with E-state index in [4.69, 9.17) is 0 Å². The lowest BCUT2D eigenvalue weighted by Gasteiger charge is -2.29. The lowest BCUT2D eigenvalue weighted by atomic mass is 9.99. The summed E-state index contributed by atoms with van der Waals surface area (Å²) in [5.41, 5.74) is 2.45. The summed E-state index contributed by atoms with van der Waals surface area (Å²) in [5, 5.41) is 8.37. The summed E-state index contributed by atoms with van der Waals surface area (Å²) in [6, 6.07) is 6.75. The van der Waals surface area contributed by atoms with Crippen LogP contribution in [0.15, 0.2) is 29.6 Å². The fourth-order valence-corrected chi connectivity index (χ4v) is 4.36. The highest BCUT2D eigenvalue weighted by molar-refractivity contribution is 7.13. The number of carbonyl (C=O) groups excluding carboxylic acids is 2. The second kappa shape index (κ2) is 10.2. The first kappa shape index (κ1) is 22.4. The standard InChI is InChI=1S/C23H32N4O2S/c1-15(2)20(25-21(28)19-8-6-5-7-17(19)4)22(29)26-23-24-18(14-30-23)13-27-11-9-16(3)10-12-27/h5-8,14-16,20H,9-13H2,1-4H3,(H,25,28)(H,24,26,29). The van der Waals surface area contributed by atoms with Gasteiger partial charge in [0.25, 0.3) is 5.91 Å². The number of rotatable bonds is 7. The first-order chi connectivity index (χ1) is 14.3. The number of benzene rings is 1. The lowest BCUT2D eigenvalue weighted by molar-refractivity contribution is -0.118. The highest BCUT2D eigenvalue weighted by Crippen LogP contribution is 2.21. The molecule has 2 N–H and O–H groups in total. The number of aryl methyl sites for hydroxylation is 1. The number of thiazole rings is 1. The fraction of sp³-hybridized carbons (Fsp3) is 0.522. The molecule has 7 heteroatoms. The molecular formula is C23H32N4O2S. The first-order valence-corrected chi connectivity index (χ1v) is 11.6. The first-order valence-electron chi connectivity index (χ1n) is 10.7. The van der Waals surface area contributed by atoms with Crippen molar-refractivity contribution >= 4 is 28.3 Å². The maximum absolute atomic E-state index is 12.9. The third-order valence-electron chi connectivity index (χ3n) is 5.67. The van der Waals surface area contributed by atoms with E-state index in [-0.39, 0.29) is 17.7 Å². The molecule has 2 aromatic rings. The van der Waals surface area contributed by atoms with E-state index in [1.54, 1.807) is 6.07 Å². The fourth-order valence-electron chi connectivity index (χ4n) is 3.65. The molecule has 2 heterocycles. The molecule has 1 aromatic carbocycles. The number of nitrogens with one attached hydrogen (secondary N) is 2. The normalized spacial score (nSPS) is 16.4. The Morgan fingerprint density at radius 3 is 2.60 bits per heavy atom. The van der Waals surface area contributed by atoms with Crippen LogP contribution in [0.4, 0.5) is 5.13 Å². The Kier molecular flexibility index (Phi) is 7.61. The zero-order chi connectivity index (χ0) is 21.7. The summed E-state index contributed by atoms with van der Waals surface area (Å²) in [6.45, 7) is 11.1. The molecule has 1 aliphatic heterocycles. The smallest absolute Gasteiger partial charge is 0.252 e. The molecule has 1 saturated heterocycles. The van der Waals surface area contributed by atoms with E-state index in [1.165, 1.54) is 24.2 Å². The zero-order valence-corrected chi connectivity index (χ0v) is 19.1. The molecular weight excluding hydrogens is 396 g/mol. The van der Waals surface area contributed by atoms with Gasteiger partial charge in [0.2, 0.25) is 5.91 Å². The van der Waals surface area contributed by atoms with Crippen molar-refractivity contribution in [2.45, 2.75) is 53.1 Å². The van der Waals surface area contributed by atoms with Crippen LogP contribution in [-0.2, 0) is 11.3 Å². The predicted octanol–water partition coefficient (Wildman–Crippen LogP) is 4.08. The van der Waals surface area contributed by atoms with Crippen molar-refractivity contribution in [1.29, 1.82) is 0 Å². The van der Waals surface area contributed by atoms with Gasteiger partial charge >= 0.3 is 0 Å². The molecule has 6 nitrogen and oxygen atoms in total. The van der Waals surface area contributed by atoms with E-state index in [1.807, 2.05) is 44.4 Å².